The zero-order valence-corrected chi connectivity index (χ0v) is 12.2. The molecule has 0 aromatic heterocycles. The van der Waals surface area contributed by atoms with Crippen molar-refractivity contribution in [1.29, 1.82) is 0 Å². The number of anilines is 1. The van der Waals surface area contributed by atoms with Gasteiger partial charge in [0.15, 0.2) is 0 Å². The third kappa shape index (κ3) is 2.66. The van der Waals surface area contributed by atoms with Crippen LogP contribution in [0.2, 0.25) is 0 Å². The van der Waals surface area contributed by atoms with E-state index in [1.165, 1.54) is 5.69 Å². The van der Waals surface area contributed by atoms with Crippen molar-refractivity contribution in [3.8, 4) is 0 Å². The number of halogens is 1. The second kappa shape index (κ2) is 4.99. The average molecular weight is 298 g/mol. The van der Waals surface area contributed by atoms with Gasteiger partial charge in [-0.05, 0) is 36.5 Å². The molecular weight excluding hydrogens is 278 g/mol. The summed E-state index contributed by atoms with van der Waals surface area (Å²) in [6.07, 6.45) is -0.421. The molecular formula is C14H20BrNO. The fourth-order valence-electron chi connectivity index (χ4n) is 2.39. The standard InChI is InChI=1S/C14H20BrNO/c1-9-7-16(8-10(9)2)12-4-5-13(11(3)17)14(15)6-12/h4-6,9-11,17H,7-8H2,1-3H3. The summed E-state index contributed by atoms with van der Waals surface area (Å²) in [7, 11) is 0. The van der Waals surface area contributed by atoms with E-state index in [0.29, 0.717) is 0 Å². The van der Waals surface area contributed by atoms with E-state index in [9.17, 15) is 5.11 Å². The molecule has 0 spiro atoms. The number of benzene rings is 1. The predicted octanol–water partition coefficient (Wildman–Crippen LogP) is 3.59. The lowest BCUT2D eigenvalue weighted by molar-refractivity contribution is 0.198. The first-order chi connectivity index (χ1) is 7.99. The zero-order valence-electron chi connectivity index (χ0n) is 10.7. The molecule has 1 fully saturated rings. The van der Waals surface area contributed by atoms with Gasteiger partial charge >= 0.3 is 0 Å². The first-order valence-corrected chi connectivity index (χ1v) is 7.00. The summed E-state index contributed by atoms with van der Waals surface area (Å²) < 4.78 is 0.997. The topological polar surface area (TPSA) is 23.5 Å². The van der Waals surface area contributed by atoms with Gasteiger partial charge in [0.2, 0.25) is 0 Å². The van der Waals surface area contributed by atoms with Crippen LogP contribution in [0, 0.1) is 11.8 Å². The first kappa shape index (κ1) is 12.9. The number of hydrogen-bond acceptors (Lipinski definition) is 2. The van der Waals surface area contributed by atoms with Crippen molar-refractivity contribution in [2.24, 2.45) is 11.8 Å². The molecule has 1 aliphatic heterocycles. The van der Waals surface area contributed by atoms with E-state index in [1.807, 2.05) is 6.07 Å². The third-order valence-corrected chi connectivity index (χ3v) is 4.47. The van der Waals surface area contributed by atoms with Crippen molar-refractivity contribution >= 4 is 21.6 Å². The van der Waals surface area contributed by atoms with Crippen molar-refractivity contribution in [1.82, 2.24) is 0 Å². The molecule has 2 nitrogen and oxygen atoms in total. The van der Waals surface area contributed by atoms with Crippen LogP contribution in [0.25, 0.3) is 0 Å². The van der Waals surface area contributed by atoms with Crippen LogP contribution in [0.4, 0.5) is 5.69 Å². The maximum atomic E-state index is 9.60. The van der Waals surface area contributed by atoms with Crippen LogP contribution < -0.4 is 4.90 Å². The van der Waals surface area contributed by atoms with Gasteiger partial charge in [0.05, 0.1) is 6.10 Å². The second-order valence-electron chi connectivity index (χ2n) is 5.24. The number of aliphatic hydroxyl groups is 1. The van der Waals surface area contributed by atoms with Crippen molar-refractivity contribution in [3.63, 3.8) is 0 Å². The van der Waals surface area contributed by atoms with Crippen LogP contribution in [0.1, 0.15) is 32.4 Å². The van der Waals surface area contributed by atoms with Gasteiger partial charge in [-0.3, -0.25) is 0 Å². The molecule has 0 bridgehead atoms. The summed E-state index contributed by atoms with van der Waals surface area (Å²) in [6, 6.07) is 6.24. The van der Waals surface area contributed by atoms with E-state index in [2.05, 4.69) is 46.8 Å². The normalized spacial score (nSPS) is 26.3. The van der Waals surface area contributed by atoms with Crippen molar-refractivity contribution in [3.05, 3.63) is 28.2 Å². The van der Waals surface area contributed by atoms with Crippen molar-refractivity contribution in [2.75, 3.05) is 18.0 Å². The van der Waals surface area contributed by atoms with Gasteiger partial charge in [0.25, 0.3) is 0 Å². The molecule has 1 heterocycles. The summed E-state index contributed by atoms with van der Waals surface area (Å²) in [5.74, 6) is 1.51. The number of nitrogens with zero attached hydrogens (tertiary/aromatic N) is 1. The molecule has 1 aliphatic rings. The maximum Gasteiger partial charge on any atom is 0.0772 e. The van der Waals surface area contributed by atoms with Crippen LogP contribution in [-0.2, 0) is 0 Å². The maximum absolute atomic E-state index is 9.60. The Morgan fingerprint density at radius 1 is 1.29 bits per heavy atom. The van der Waals surface area contributed by atoms with Gasteiger partial charge in [-0.15, -0.1) is 0 Å². The van der Waals surface area contributed by atoms with Crippen LogP contribution in [-0.4, -0.2) is 18.2 Å². The van der Waals surface area contributed by atoms with Gasteiger partial charge in [0, 0.05) is 23.2 Å². The van der Waals surface area contributed by atoms with E-state index >= 15 is 0 Å². The highest BCUT2D eigenvalue weighted by Crippen LogP contribution is 2.32. The highest BCUT2D eigenvalue weighted by molar-refractivity contribution is 9.10. The smallest absolute Gasteiger partial charge is 0.0772 e. The molecule has 0 saturated carbocycles. The molecule has 94 valence electrons. The van der Waals surface area contributed by atoms with Gasteiger partial charge in [-0.1, -0.05) is 35.8 Å². The van der Waals surface area contributed by atoms with E-state index in [4.69, 9.17) is 0 Å². The summed E-state index contributed by atoms with van der Waals surface area (Å²) >= 11 is 3.54. The van der Waals surface area contributed by atoms with Crippen molar-refractivity contribution < 1.29 is 5.11 Å². The van der Waals surface area contributed by atoms with Crippen LogP contribution >= 0.6 is 15.9 Å². The quantitative estimate of drug-likeness (QED) is 0.902. The van der Waals surface area contributed by atoms with E-state index in [0.717, 1.165) is 35.0 Å². The van der Waals surface area contributed by atoms with E-state index < -0.39 is 6.10 Å². The van der Waals surface area contributed by atoms with Crippen molar-refractivity contribution in [2.45, 2.75) is 26.9 Å². The lowest BCUT2D eigenvalue weighted by atomic mass is 10.0. The Kier molecular flexibility index (Phi) is 3.79. The SMILES string of the molecule is CC(O)c1ccc(N2CC(C)C(C)C2)cc1Br. The van der Waals surface area contributed by atoms with Gasteiger partial charge < -0.3 is 10.0 Å². The Hall–Kier alpha value is -0.540. The average Bonchev–Trinajstić information content (AvgIpc) is 2.58. The molecule has 1 saturated heterocycles. The molecule has 3 unspecified atom stereocenters. The Morgan fingerprint density at radius 2 is 1.88 bits per heavy atom. The number of aliphatic hydroxyl groups excluding tert-OH is 1. The second-order valence-corrected chi connectivity index (χ2v) is 6.10. The summed E-state index contributed by atoms with van der Waals surface area (Å²) in [5.41, 5.74) is 2.20. The molecule has 0 radical (unpaired) electrons. The fourth-order valence-corrected chi connectivity index (χ4v) is 3.09. The summed E-state index contributed by atoms with van der Waals surface area (Å²) in [4.78, 5) is 2.42. The largest absolute Gasteiger partial charge is 0.389 e. The molecule has 0 amide bonds. The minimum absolute atomic E-state index is 0.421. The van der Waals surface area contributed by atoms with Crippen LogP contribution in [0.5, 0.6) is 0 Å². The lowest BCUT2D eigenvalue weighted by Gasteiger charge is -2.20. The highest BCUT2D eigenvalue weighted by atomic mass is 79.9. The Balaban J connectivity index is 2.21. The molecule has 3 atom stereocenters. The van der Waals surface area contributed by atoms with Gasteiger partial charge in [-0.25, -0.2) is 0 Å². The molecule has 0 aliphatic carbocycles. The van der Waals surface area contributed by atoms with Gasteiger partial charge in [0.1, 0.15) is 0 Å². The minimum atomic E-state index is -0.421. The Morgan fingerprint density at radius 3 is 2.35 bits per heavy atom. The number of hydrogen-bond donors (Lipinski definition) is 1. The van der Waals surface area contributed by atoms with E-state index in [-0.39, 0.29) is 0 Å². The van der Waals surface area contributed by atoms with Crippen LogP contribution in [0.3, 0.4) is 0 Å². The first-order valence-electron chi connectivity index (χ1n) is 6.21. The molecule has 1 N–H and O–H groups in total. The number of rotatable bonds is 2. The monoisotopic (exact) mass is 297 g/mol. The lowest BCUT2D eigenvalue weighted by Crippen LogP contribution is -2.19. The molecule has 3 heteroatoms. The fraction of sp³-hybridized carbons (Fsp3) is 0.571. The predicted molar refractivity (Wildman–Crippen MR) is 75.3 cm³/mol. The molecule has 2 rings (SSSR count). The molecule has 1 aromatic rings. The summed E-state index contributed by atoms with van der Waals surface area (Å²) in [6.45, 7) is 8.66. The van der Waals surface area contributed by atoms with E-state index in [1.54, 1.807) is 6.92 Å². The third-order valence-electron chi connectivity index (χ3n) is 3.79. The Labute approximate surface area is 112 Å². The highest BCUT2D eigenvalue weighted by Gasteiger charge is 2.26. The molecule has 17 heavy (non-hydrogen) atoms. The van der Waals surface area contributed by atoms with Gasteiger partial charge in [-0.2, -0.15) is 0 Å². The minimum Gasteiger partial charge on any atom is -0.389 e. The summed E-state index contributed by atoms with van der Waals surface area (Å²) in [5, 5.41) is 9.60. The Bertz CT molecular complexity index is 395. The van der Waals surface area contributed by atoms with Crippen LogP contribution in [0.15, 0.2) is 22.7 Å². The zero-order chi connectivity index (χ0) is 12.6. The molecule has 1 aromatic carbocycles.